The van der Waals surface area contributed by atoms with E-state index in [0.717, 1.165) is 0 Å². The van der Waals surface area contributed by atoms with Crippen molar-refractivity contribution in [3.63, 3.8) is 0 Å². The van der Waals surface area contributed by atoms with E-state index in [-0.39, 0.29) is 5.02 Å². The molecular weight excluding hydrogens is 245 g/mol. The van der Waals surface area contributed by atoms with Gasteiger partial charge in [0.05, 0.1) is 11.1 Å². The minimum absolute atomic E-state index is 0.0110. The molecule has 0 aliphatic heterocycles. The first kappa shape index (κ1) is 13.2. The summed E-state index contributed by atoms with van der Waals surface area (Å²) < 4.78 is 18.6. The molecule has 1 aromatic rings. The monoisotopic (exact) mass is 257 g/mol. The molecule has 1 unspecified atom stereocenters. The molecule has 0 fully saturated rings. The van der Waals surface area contributed by atoms with E-state index in [1.54, 1.807) is 0 Å². The molecule has 1 rings (SSSR count). The zero-order valence-electron chi connectivity index (χ0n) is 9.42. The molecule has 16 heavy (non-hydrogen) atoms. The van der Waals surface area contributed by atoms with Gasteiger partial charge in [0.15, 0.2) is 14.4 Å². The molecule has 0 heterocycles. The van der Waals surface area contributed by atoms with Crippen LogP contribution in [0.15, 0.2) is 18.2 Å². The van der Waals surface area contributed by atoms with Gasteiger partial charge in [0.2, 0.25) is 0 Å². The predicted octanol–water partition coefficient (Wildman–Crippen LogP) is 3.90. The van der Waals surface area contributed by atoms with Crippen molar-refractivity contribution in [2.75, 3.05) is 0 Å². The standard InChI is InChI=1S/C11H13ClFNOSi/c1-16(2,3)15-11(7-14)8-4-5-10(13)9(12)6-8/h4-6,11H,1-3H3. The Morgan fingerprint density at radius 1 is 1.44 bits per heavy atom. The van der Waals surface area contributed by atoms with E-state index in [4.69, 9.17) is 21.3 Å². The van der Waals surface area contributed by atoms with E-state index < -0.39 is 20.2 Å². The van der Waals surface area contributed by atoms with Crippen LogP contribution in [-0.4, -0.2) is 8.32 Å². The highest BCUT2D eigenvalue weighted by Crippen LogP contribution is 2.25. The maximum Gasteiger partial charge on any atom is 0.186 e. The number of rotatable bonds is 3. The SMILES string of the molecule is C[Si](C)(C)OC(C#N)c1ccc(F)c(Cl)c1. The largest absolute Gasteiger partial charge is 0.399 e. The highest BCUT2D eigenvalue weighted by molar-refractivity contribution is 6.69. The van der Waals surface area contributed by atoms with Crippen LogP contribution in [-0.2, 0) is 4.43 Å². The third-order valence-electron chi connectivity index (χ3n) is 1.84. The molecule has 0 N–H and O–H groups in total. The Balaban J connectivity index is 2.97. The highest BCUT2D eigenvalue weighted by Gasteiger charge is 2.22. The van der Waals surface area contributed by atoms with Gasteiger partial charge in [-0.25, -0.2) is 4.39 Å². The number of halogens is 2. The van der Waals surface area contributed by atoms with Crippen LogP contribution in [0.4, 0.5) is 4.39 Å². The molecular formula is C11H13ClFNOSi. The lowest BCUT2D eigenvalue weighted by atomic mass is 10.1. The van der Waals surface area contributed by atoms with E-state index in [2.05, 4.69) is 6.07 Å². The van der Waals surface area contributed by atoms with Gasteiger partial charge in [-0.3, -0.25) is 0 Å². The molecule has 0 amide bonds. The molecule has 0 saturated carbocycles. The summed E-state index contributed by atoms with van der Waals surface area (Å²) in [6.45, 7) is 5.97. The smallest absolute Gasteiger partial charge is 0.186 e. The molecule has 0 radical (unpaired) electrons. The maximum absolute atomic E-state index is 13.0. The summed E-state index contributed by atoms with van der Waals surface area (Å²) in [6.07, 6.45) is -0.676. The number of nitrogens with zero attached hydrogens (tertiary/aromatic N) is 1. The first-order chi connectivity index (χ1) is 7.33. The van der Waals surface area contributed by atoms with Gasteiger partial charge in [0.1, 0.15) is 5.82 Å². The molecule has 1 aromatic carbocycles. The first-order valence-corrected chi connectivity index (χ1v) is 8.64. The summed E-state index contributed by atoms with van der Waals surface area (Å²) in [5, 5.41) is 9.02. The Bertz CT molecular complexity index is 425. The summed E-state index contributed by atoms with van der Waals surface area (Å²) in [7, 11) is -1.81. The molecule has 0 bridgehead atoms. The lowest BCUT2D eigenvalue weighted by molar-refractivity contribution is 0.255. The number of hydrogen-bond donors (Lipinski definition) is 0. The van der Waals surface area contributed by atoms with E-state index in [1.807, 2.05) is 19.6 Å². The lowest BCUT2D eigenvalue weighted by Gasteiger charge is -2.21. The second kappa shape index (κ2) is 4.96. The highest BCUT2D eigenvalue weighted by atomic mass is 35.5. The van der Waals surface area contributed by atoms with Crippen molar-refractivity contribution in [3.8, 4) is 6.07 Å². The van der Waals surface area contributed by atoms with Gasteiger partial charge in [0.25, 0.3) is 0 Å². The van der Waals surface area contributed by atoms with Crippen molar-refractivity contribution in [2.24, 2.45) is 0 Å². The van der Waals surface area contributed by atoms with Crippen LogP contribution in [0, 0.1) is 17.1 Å². The van der Waals surface area contributed by atoms with Crippen molar-refractivity contribution in [1.29, 1.82) is 5.26 Å². The van der Waals surface area contributed by atoms with Gasteiger partial charge < -0.3 is 4.43 Å². The Kier molecular flexibility index (Phi) is 4.08. The van der Waals surface area contributed by atoms with Crippen LogP contribution < -0.4 is 0 Å². The quantitative estimate of drug-likeness (QED) is 0.770. The van der Waals surface area contributed by atoms with Crippen molar-refractivity contribution < 1.29 is 8.82 Å². The zero-order valence-corrected chi connectivity index (χ0v) is 11.2. The normalized spacial score (nSPS) is 13.2. The Morgan fingerprint density at radius 2 is 2.06 bits per heavy atom. The first-order valence-electron chi connectivity index (χ1n) is 4.86. The molecule has 2 nitrogen and oxygen atoms in total. The minimum Gasteiger partial charge on any atom is -0.399 e. The van der Waals surface area contributed by atoms with Crippen molar-refractivity contribution in [3.05, 3.63) is 34.6 Å². The van der Waals surface area contributed by atoms with Crippen LogP contribution in [0.1, 0.15) is 11.7 Å². The van der Waals surface area contributed by atoms with Crippen LogP contribution in [0.3, 0.4) is 0 Å². The van der Waals surface area contributed by atoms with Crippen LogP contribution >= 0.6 is 11.6 Å². The van der Waals surface area contributed by atoms with Gasteiger partial charge in [-0.1, -0.05) is 17.7 Å². The van der Waals surface area contributed by atoms with Gasteiger partial charge in [-0.15, -0.1) is 0 Å². The van der Waals surface area contributed by atoms with Crippen LogP contribution in [0.5, 0.6) is 0 Å². The predicted molar refractivity (Wildman–Crippen MR) is 64.2 cm³/mol. The molecule has 0 aliphatic carbocycles. The average molecular weight is 258 g/mol. The Labute approximate surface area is 101 Å². The second-order valence-electron chi connectivity index (χ2n) is 4.41. The fourth-order valence-corrected chi connectivity index (χ4v) is 2.28. The summed E-state index contributed by atoms with van der Waals surface area (Å²) in [4.78, 5) is 0. The molecule has 0 saturated heterocycles. The summed E-state index contributed by atoms with van der Waals surface area (Å²) in [6, 6.07) is 6.26. The molecule has 0 aromatic heterocycles. The van der Waals surface area contributed by atoms with E-state index in [1.165, 1.54) is 18.2 Å². The van der Waals surface area contributed by atoms with Crippen molar-refractivity contribution >= 4 is 19.9 Å². The van der Waals surface area contributed by atoms with Gasteiger partial charge in [0, 0.05) is 0 Å². The fourth-order valence-electron chi connectivity index (χ4n) is 1.20. The maximum atomic E-state index is 13.0. The van der Waals surface area contributed by atoms with Crippen molar-refractivity contribution in [2.45, 2.75) is 25.7 Å². The van der Waals surface area contributed by atoms with Gasteiger partial charge >= 0.3 is 0 Å². The van der Waals surface area contributed by atoms with Gasteiger partial charge in [-0.05, 0) is 37.3 Å². The van der Waals surface area contributed by atoms with Crippen LogP contribution in [0.25, 0.3) is 0 Å². The minimum atomic E-state index is -1.81. The topological polar surface area (TPSA) is 33.0 Å². The van der Waals surface area contributed by atoms with E-state index >= 15 is 0 Å². The average Bonchev–Trinajstić information content (AvgIpc) is 2.17. The fraction of sp³-hybridized carbons (Fsp3) is 0.364. The molecule has 5 heteroatoms. The van der Waals surface area contributed by atoms with Gasteiger partial charge in [-0.2, -0.15) is 5.26 Å². The summed E-state index contributed by atoms with van der Waals surface area (Å²) in [5.74, 6) is -0.491. The summed E-state index contributed by atoms with van der Waals surface area (Å²) >= 11 is 5.66. The molecule has 0 aliphatic rings. The number of nitriles is 1. The van der Waals surface area contributed by atoms with Crippen molar-refractivity contribution in [1.82, 2.24) is 0 Å². The summed E-state index contributed by atoms with van der Waals surface area (Å²) in [5.41, 5.74) is 0.594. The van der Waals surface area contributed by atoms with E-state index in [0.29, 0.717) is 5.56 Å². The molecule has 86 valence electrons. The molecule has 0 spiro atoms. The number of benzene rings is 1. The Morgan fingerprint density at radius 3 is 2.50 bits per heavy atom. The second-order valence-corrected chi connectivity index (χ2v) is 9.28. The number of hydrogen-bond acceptors (Lipinski definition) is 2. The van der Waals surface area contributed by atoms with E-state index in [9.17, 15) is 4.39 Å². The van der Waals surface area contributed by atoms with Crippen LogP contribution in [0.2, 0.25) is 24.7 Å². The third-order valence-corrected chi connectivity index (χ3v) is 3.07. The molecule has 1 atom stereocenters. The lowest BCUT2D eigenvalue weighted by Crippen LogP contribution is -2.27. The zero-order chi connectivity index (χ0) is 12.3. The Hall–Kier alpha value is -0.893. The third kappa shape index (κ3) is 3.60.